The molecule has 0 aliphatic carbocycles. The second-order valence-electron chi connectivity index (χ2n) is 11.5. The third-order valence-electron chi connectivity index (χ3n) is 6.56. The molecule has 0 fully saturated rings. The number of hydrogen-bond acceptors (Lipinski definition) is 6. The quantitative estimate of drug-likeness (QED) is 0.201. The summed E-state index contributed by atoms with van der Waals surface area (Å²) in [5.74, 6) is -0.249. The fraction of sp³-hybridized carbons (Fsp3) is 0.371. The van der Waals surface area contributed by atoms with Gasteiger partial charge in [-0.1, -0.05) is 74.2 Å². The van der Waals surface area contributed by atoms with Crippen LogP contribution in [-0.2, 0) is 35.5 Å². The summed E-state index contributed by atoms with van der Waals surface area (Å²) >= 11 is 0. The second-order valence-corrected chi connectivity index (χ2v) is 11.5. The molecule has 0 aliphatic heterocycles. The number of hydrogen-bond donors (Lipinski definition) is 2. The largest absolute Gasteiger partial charge is 0.489 e. The van der Waals surface area contributed by atoms with E-state index in [1.807, 2.05) is 61.5 Å². The molecule has 3 aromatic rings. The van der Waals surface area contributed by atoms with Gasteiger partial charge in [0, 0.05) is 12.6 Å². The Hall–Kier alpha value is -4.37. The van der Waals surface area contributed by atoms with Crippen molar-refractivity contribution in [3.63, 3.8) is 0 Å². The Morgan fingerprint density at radius 3 is 2.39 bits per heavy atom. The molecule has 0 unspecified atom stereocenters. The standard InChI is InChI=1S/C35H43FN2O6/c1-6-16-42-30-19-28(18-29(36)21-30)20-31(37-33(40)44-35(3,4)5)32(39)23-38(22-27-15-11-14-25(7-2)17-27)34(41)43-24-26-12-9-8-10-13-26/h6,8-15,17-19,21,31-32,39H,1,7,16,20,22-24H2,2-5H3,(H,37,40)/t31-,32+/m0/s1. The van der Waals surface area contributed by atoms with Crippen LogP contribution in [0.15, 0.2) is 85.5 Å². The van der Waals surface area contributed by atoms with Gasteiger partial charge in [0.05, 0.1) is 18.7 Å². The lowest BCUT2D eigenvalue weighted by atomic mass is 10.00. The van der Waals surface area contributed by atoms with Crippen LogP contribution in [0.2, 0.25) is 0 Å². The average Bonchev–Trinajstić information content (AvgIpc) is 2.97. The van der Waals surface area contributed by atoms with E-state index >= 15 is 0 Å². The van der Waals surface area contributed by atoms with Crippen molar-refractivity contribution in [1.29, 1.82) is 0 Å². The zero-order valence-electron chi connectivity index (χ0n) is 25.9. The minimum atomic E-state index is -1.28. The number of halogens is 1. The minimum absolute atomic E-state index is 0.0286. The lowest BCUT2D eigenvalue weighted by Crippen LogP contribution is -2.51. The van der Waals surface area contributed by atoms with Gasteiger partial charge < -0.3 is 29.5 Å². The zero-order chi connectivity index (χ0) is 32.1. The lowest BCUT2D eigenvalue weighted by Gasteiger charge is -2.31. The van der Waals surface area contributed by atoms with Gasteiger partial charge in [-0.2, -0.15) is 0 Å². The first-order chi connectivity index (χ1) is 21.0. The van der Waals surface area contributed by atoms with Gasteiger partial charge in [-0.05, 0) is 68.0 Å². The van der Waals surface area contributed by atoms with Crippen molar-refractivity contribution in [3.05, 3.63) is 114 Å². The van der Waals surface area contributed by atoms with Crippen LogP contribution in [0.4, 0.5) is 14.0 Å². The van der Waals surface area contributed by atoms with Crippen molar-refractivity contribution >= 4 is 12.2 Å². The van der Waals surface area contributed by atoms with Crippen molar-refractivity contribution < 1.29 is 33.3 Å². The molecule has 2 atom stereocenters. The normalized spacial score (nSPS) is 12.5. The summed E-state index contributed by atoms with van der Waals surface area (Å²) in [5, 5.41) is 14.2. The first-order valence-electron chi connectivity index (χ1n) is 14.7. The molecule has 0 saturated carbocycles. The van der Waals surface area contributed by atoms with Gasteiger partial charge >= 0.3 is 12.2 Å². The number of aryl methyl sites for hydroxylation is 1. The van der Waals surface area contributed by atoms with Gasteiger partial charge in [0.1, 0.15) is 30.4 Å². The maximum atomic E-state index is 14.5. The minimum Gasteiger partial charge on any atom is -0.489 e. The molecule has 0 radical (unpaired) electrons. The molecule has 44 heavy (non-hydrogen) atoms. The van der Waals surface area contributed by atoms with E-state index in [4.69, 9.17) is 14.2 Å². The van der Waals surface area contributed by atoms with Crippen LogP contribution in [-0.4, -0.2) is 53.1 Å². The van der Waals surface area contributed by atoms with Gasteiger partial charge in [0.25, 0.3) is 0 Å². The van der Waals surface area contributed by atoms with E-state index in [0.717, 1.165) is 23.1 Å². The fourth-order valence-electron chi connectivity index (χ4n) is 4.51. The number of ether oxygens (including phenoxy) is 3. The van der Waals surface area contributed by atoms with Crippen LogP contribution >= 0.6 is 0 Å². The summed E-state index contributed by atoms with van der Waals surface area (Å²) in [6.45, 7) is 11.0. The molecule has 3 aromatic carbocycles. The number of alkyl carbamates (subject to hydrolysis) is 1. The smallest absolute Gasteiger partial charge is 0.410 e. The van der Waals surface area contributed by atoms with E-state index in [2.05, 4.69) is 11.9 Å². The summed E-state index contributed by atoms with van der Waals surface area (Å²) in [6, 6.07) is 20.3. The van der Waals surface area contributed by atoms with Gasteiger partial charge in [-0.15, -0.1) is 0 Å². The highest BCUT2D eigenvalue weighted by Gasteiger charge is 2.29. The monoisotopic (exact) mass is 606 g/mol. The highest BCUT2D eigenvalue weighted by molar-refractivity contribution is 5.69. The summed E-state index contributed by atoms with van der Waals surface area (Å²) in [4.78, 5) is 27.6. The third kappa shape index (κ3) is 11.7. The van der Waals surface area contributed by atoms with Gasteiger partial charge in [-0.25, -0.2) is 14.0 Å². The molecule has 3 rings (SSSR count). The summed E-state index contributed by atoms with van der Waals surface area (Å²) in [6.07, 6.45) is -0.263. The molecular weight excluding hydrogens is 563 g/mol. The average molecular weight is 607 g/mol. The van der Waals surface area contributed by atoms with E-state index < -0.39 is 35.8 Å². The Morgan fingerprint density at radius 2 is 1.70 bits per heavy atom. The van der Waals surface area contributed by atoms with Crippen LogP contribution in [0.1, 0.15) is 49.9 Å². The first-order valence-corrected chi connectivity index (χ1v) is 14.7. The first kappa shape index (κ1) is 34.1. The molecule has 0 aromatic heterocycles. The van der Waals surface area contributed by atoms with Crippen molar-refractivity contribution in [1.82, 2.24) is 10.2 Å². The molecule has 9 heteroatoms. The molecule has 0 bridgehead atoms. The molecule has 236 valence electrons. The number of carbonyl (C=O) groups is 2. The lowest BCUT2D eigenvalue weighted by molar-refractivity contribution is 0.0327. The molecule has 0 heterocycles. The van der Waals surface area contributed by atoms with E-state index in [-0.39, 0.29) is 38.5 Å². The Kier molecular flexibility index (Phi) is 12.8. The van der Waals surface area contributed by atoms with E-state index in [9.17, 15) is 19.1 Å². The van der Waals surface area contributed by atoms with Crippen molar-refractivity contribution in [2.45, 2.75) is 71.4 Å². The molecule has 0 spiro atoms. The third-order valence-corrected chi connectivity index (χ3v) is 6.56. The number of nitrogens with one attached hydrogen (secondary N) is 1. The molecule has 0 aliphatic rings. The number of rotatable bonds is 14. The molecule has 0 saturated heterocycles. The van der Waals surface area contributed by atoms with Crippen molar-refractivity contribution in [2.24, 2.45) is 0 Å². The molecule has 2 amide bonds. The number of aliphatic hydroxyl groups is 1. The van der Waals surface area contributed by atoms with Crippen molar-refractivity contribution in [2.75, 3.05) is 13.2 Å². The molecule has 2 N–H and O–H groups in total. The Morgan fingerprint density at radius 1 is 1.00 bits per heavy atom. The predicted molar refractivity (Wildman–Crippen MR) is 168 cm³/mol. The Balaban J connectivity index is 1.87. The van der Waals surface area contributed by atoms with Crippen molar-refractivity contribution in [3.8, 4) is 5.75 Å². The van der Waals surface area contributed by atoms with Gasteiger partial charge in [0.2, 0.25) is 0 Å². The molecule has 8 nitrogen and oxygen atoms in total. The van der Waals surface area contributed by atoms with Crippen LogP contribution in [0.5, 0.6) is 5.75 Å². The Labute approximate surface area is 259 Å². The maximum Gasteiger partial charge on any atom is 0.410 e. The van der Waals surface area contributed by atoms with E-state index in [1.54, 1.807) is 32.9 Å². The summed E-state index contributed by atoms with van der Waals surface area (Å²) in [7, 11) is 0. The number of amides is 2. The van der Waals surface area contributed by atoms with Crippen LogP contribution in [0.25, 0.3) is 0 Å². The number of benzene rings is 3. The van der Waals surface area contributed by atoms with Gasteiger partial charge in [-0.3, -0.25) is 0 Å². The summed E-state index contributed by atoms with van der Waals surface area (Å²) < 4.78 is 31.1. The topological polar surface area (TPSA) is 97.3 Å². The van der Waals surface area contributed by atoms with E-state index in [1.165, 1.54) is 17.0 Å². The molecular formula is C35H43FN2O6. The van der Waals surface area contributed by atoms with E-state index in [0.29, 0.717) is 5.56 Å². The SMILES string of the molecule is C=CCOc1cc(F)cc(C[C@H](NC(=O)OC(C)(C)C)[C@H](O)CN(Cc2cccc(CC)c2)C(=O)OCc2ccccc2)c1. The second kappa shape index (κ2) is 16.5. The fourth-order valence-corrected chi connectivity index (χ4v) is 4.51. The maximum absolute atomic E-state index is 14.5. The highest BCUT2D eigenvalue weighted by atomic mass is 19.1. The number of carbonyl (C=O) groups excluding carboxylic acids is 2. The highest BCUT2D eigenvalue weighted by Crippen LogP contribution is 2.20. The van der Waals surface area contributed by atoms with Gasteiger partial charge in [0.15, 0.2) is 0 Å². The van der Waals surface area contributed by atoms with Crippen LogP contribution < -0.4 is 10.1 Å². The Bertz CT molecular complexity index is 1380. The van der Waals surface area contributed by atoms with Crippen LogP contribution in [0.3, 0.4) is 0 Å². The number of nitrogens with zero attached hydrogens (tertiary/aromatic N) is 1. The van der Waals surface area contributed by atoms with Crippen LogP contribution in [0, 0.1) is 5.82 Å². The zero-order valence-corrected chi connectivity index (χ0v) is 25.9. The summed E-state index contributed by atoms with van der Waals surface area (Å²) in [5.41, 5.74) is 2.46. The predicted octanol–water partition coefficient (Wildman–Crippen LogP) is 6.59. The number of aliphatic hydroxyl groups excluding tert-OH is 1.